The fourth-order valence-electron chi connectivity index (χ4n) is 2.71. The monoisotopic (exact) mass is 429 g/mol. The number of thioether (sulfide) groups is 1. The summed E-state index contributed by atoms with van der Waals surface area (Å²) >= 11 is 1.27. The number of carbonyl (C=O) groups is 2. The van der Waals surface area contributed by atoms with Gasteiger partial charge in [0.15, 0.2) is 10.8 Å². The van der Waals surface area contributed by atoms with Crippen molar-refractivity contribution in [2.45, 2.75) is 12.1 Å². The van der Waals surface area contributed by atoms with Crippen molar-refractivity contribution in [1.82, 2.24) is 15.0 Å². The van der Waals surface area contributed by atoms with Crippen LogP contribution in [0.5, 0.6) is 5.75 Å². The number of aromatic amines is 1. The Balaban J connectivity index is 1.71. The second-order valence-electron chi connectivity index (χ2n) is 6.09. The SMILES string of the molecule is COC(=O)c1cccc(OCCSc2nc3nc(C)cc(C(=O)OC)c3c(=O)[nH]2)c1. The van der Waals surface area contributed by atoms with Crippen molar-refractivity contribution in [3.05, 3.63) is 57.5 Å². The lowest BCUT2D eigenvalue weighted by molar-refractivity contribution is 0.0592. The summed E-state index contributed by atoms with van der Waals surface area (Å²) < 4.78 is 15.1. The Morgan fingerprint density at radius 2 is 1.87 bits per heavy atom. The van der Waals surface area contributed by atoms with Crippen LogP contribution in [0, 0.1) is 6.92 Å². The molecule has 0 saturated heterocycles. The lowest BCUT2D eigenvalue weighted by Crippen LogP contribution is -2.16. The van der Waals surface area contributed by atoms with E-state index in [2.05, 4.69) is 19.7 Å². The van der Waals surface area contributed by atoms with E-state index >= 15 is 0 Å². The van der Waals surface area contributed by atoms with Crippen LogP contribution in [-0.2, 0) is 9.47 Å². The predicted octanol–water partition coefficient (Wildman–Crippen LogP) is 2.37. The molecule has 3 rings (SSSR count). The smallest absolute Gasteiger partial charge is 0.338 e. The molecule has 0 fully saturated rings. The third-order valence-electron chi connectivity index (χ3n) is 4.03. The number of carbonyl (C=O) groups excluding carboxylic acids is 2. The summed E-state index contributed by atoms with van der Waals surface area (Å²) in [7, 11) is 2.56. The summed E-state index contributed by atoms with van der Waals surface area (Å²) in [6, 6.07) is 8.15. The highest BCUT2D eigenvalue weighted by atomic mass is 32.2. The number of methoxy groups -OCH3 is 2. The van der Waals surface area contributed by atoms with Crippen LogP contribution in [0.2, 0.25) is 0 Å². The number of aryl methyl sites for hydroxylation is 1. The van der Waals surface area contributed by atoms with Crippen molar-refractivity contribution < 1.29 is 23.8 Å². The Kier molecular flexibility index (Phi) is 6.68. The van der Waals surface area contributed by atoms with E-state index in [1.807, 2.05) is 0 Å². The molecule has 156 valence electrons. The van der Waals surface area contributed by atoms with E-state index < -0.39 is 17.5 Å². The normalized spacial score (nSPS) is 10.6. The average molecular weight is 429 g/mol. The van der Waals surface area contributed by atoms with Gasteiger partial charge in [0.05, 0.1) is 37.3 Å². The lowest BCUT2D eigenvalue weighted by Gasteiger charge is -2.08. The molecule has 0 aliphatic rings. The number of aromatic nitrogens is 3. The minimum Gasteiger partial charge on any atom is -0.493 e. The maximum absolute atomic E-state index is 12.5. The third-order valence-corrected chi connectivity index (χ3v) is 4.87. The molecule has 9 nitrogen and oxygen atoms in total. The highest BCUT2D eigenvalue weighted by Crippen LogP contribution is 2.19. The van der Waals surface area contributed by atoms with Crippen molar-refractivity contribution in [1.29, 1.82) is 0 Å². The average Bonchev–Trinajstić information content (AvgIpc) is 2.74. The van der Waals surface area contributed by atoms with Gasteiger partial charge in [-0.05, 0) is 31.2 Å². The minimum atomic E-state index is -0.624. The number of pyridine rings is 1. The molecule has 2 aromatic heterocycles. The number of rotatable bonds is 7. The molecule has 0 saturated carbocycles. The second-order valence-corrected chi connectivity index (χ2v) is 7.17. The van der Waals surface area contributed by atoms with Crippen molar-refractivity contribution in [3.8, 4) is 5.75 Å². The van der Waals surface area contributed by atoms with Crippen LogP contribution in [0.1, 0.15) is 26.4 Å². The highest BCUT2D eigenvalue weighted by molar-refractivity contribution is 7.99. The summed E-state index contributed by atoms with van der Waals surface area (Å²) in [6.45, 7) is 2.02. The number of H-pyrrole nitrogens is 1. The van der Waals surface area contributed by atoms with Gasteiger partial charge in [0.1, 0.15) is 5.75 Å². The molecule has 2 heterocycles. The van der Waals surface area contributed by atoms with E-state index in [4.69, 9.17) is 9.47 Å². The van der Waals surface area contributed by atoms with Crippen LogP contribution < -0.4 is 10.3 Å². The Morgan fingerprint density at radius 1 is 1.10 bits per heavy atom. The Morgan fingerprint density at radius 3 is 2.60 bits per heavy atom. The number of hydrogen-bond acceptors (Lipinski definition) is 9. The highest BCUT2D eigenvalue weighted by Gasteiger charge is 2.17. The number of ether oxygens (including phenoxy) is 3. The van der Waals surface area contributed by atoms with Crippen molar-refractivity contribution in [2.24, 2.45) is 0 Å². The first-order valence-electron chi connectivity index (χ1n) is 8.87. The predicted molar refractivity (Wildman–Crippen MR) is 110 cm³/mol. The molecule has 0 amide bonds. The molecular weight excluding hydrogens is 410 g/mol. The molecular formula is C20H19N3O6S. The zero-order chi connectivity index (χ0) is 21.7. The third kappa shape index (κ3) is 4.77. The first kappa shape index (κ1) is 21.3. The van der Waals surface area contributed by atoms with Crippen LogP contribution in [-0.4, -0.2) is 53.5 Å². The second kappa shape index (κ2) is 9.40. The Bertz CT molecular complexity index is 1160. The quantitative estimate of drug-likeness (QED) is 0.261. The van der Waals surface area contributed by atoms with Crippen molar-refractivity contribution >= 4 is 34.7 Å². The van der Waals surface area contributed by atoms with Gasteiger partial charge in [-0.25, -0.2) is 19.6 Å². The summed E-state index contributed by atoms with van der Waals surface area (Å²) in [5.74, 6) is -0.0619. The maximum atomic E-state index is 12.5. The number of fused-ring (bicyclic) bond motifs is 1. The molecule has 0 atom stereocenters. The zero-order valence-corrected chi connectivity index (χ0v) is 17.4. The molecule has 0 spiro atoms. The van der Waals surface area contributed by atoms with E-state index in [-0.39, 0.29) is 16.6 Å². The number of hydrogen-bond donors (Lipinski definition) is 1. The number of nitrogens with zero attached hydrogens (tertiary/aromatic N) is 2. The molecule has 30 heavy (non-hydrogen) atoms. The minimum absolute atomic E-state index is 0.0904. The molecule has 1 aromatic carbocycles. The zero-order valence-electron chi connectivity index (χ0n) is 16.6. The van der Waals surface area contributed by atoms with Gasteiger partial charge in [0.2, 0.25) is 0 Å². The summed E-state index contributed by atoms with van der Waals surface area (Å²) in [5.41, 5.74) is 0.770. The summed E-state index contributed by atoms with van der Waals surface area (Å²) in [5, 5.41) is 0.445. The molecule has 10 heteroatoms. The van der Waals surface area contributed by atoms with Crippen LogP contribution in [0.15, 0.2) is 40.3 Å². The largest absolute Gasteiger partial charge is 0.493 e. The van der Waals surface area contributed by atoms with E-state index in [1.165, 1.54) is 32.0 Å². The summed E-state index contributed by atoms with van der Waals surface area (Å²) in [4.78, 5) is 47.3. The van der Waals surface area contributed by atoms with Crippen molar-refractivity contribution in [2.75, 3.05) is 26.6 Å². The molecule has 0 unspecified atom stereocenters. The van der Waals surface area contributed by atoms with Crippen LogP contribution in [0.25, 0.3) is 11.0 Å². The number of esters is 2. The molecule has 0 aliphatic carbocycles. The first-order valence-corrected chi connectivity index (χ1v) is 9.85. The van der Waals surface area contributed by atoms with Gasteiger partial charge in [0, 0.05) is 11.4 Å². The summed E-state index contributed by atoms with van der Waals surface area (Å²) in [6.07, 6.45) is 0. The van der Waals surface area contributed by atoms with E-state index in [0.29, 0.717) is 34.5 Å². The van der Waals surface area contributed by atoms with Gasteiger partial charge >= 0.3 is 11.9 Å². The molecule has 1 N–H and O–H groups in total. The van der Waals surface area contributed by atoms with Crippen molar-refractivity contribution in [3.63, 3.8) is 0 Å². The van der Waals surface area contributed by atoms with Gasteiger partial charge in [-0.1, -0.05) is 17.8 Å². The van der Waals surface area contributed by atoms with E-state index in [1.54, 1.807) is 31.2 Å². The van der Waals surface area contributed by atoms with Crippen LogP contribution in [0.4, 0.5) is 0 Å². The van der Waals surface area contributed by atoms with Crippen LogP contribution in [0.3, 0.4) is 0 Å². The van der Waals surface area contributed by atoms with Gasteiger partial charge in [-0.3, -0.25) is 4.79 Å². The van der Waals surface area contributed by atoms with Gasteiger partial charge in [-0.2, -0.15) is 0 Å². The fourth-order valence-corrected chi connectivity index (χ4v) is 3.39. The number of nitrogens with one attached hydrogen (secondary N) is 1. The van der Waals surface area contributed by atoms with E-state index in [0.717, 1.165) is 0 Å². The Labute approximate surface area is 175 Å². The topological polar surface area (TPSA) is 120 Å². The van der Waals surface area contributed by atoms with Gasteiger partial charge < -0.3 is 19.2 Å². The lowest BCUT2D eigenvalue weighted by atomic mass is 10.1. The van der Waals surface area contributed by atoms with E-state index in [9.17, 15) is 14.4 Å². The number of benzene rings is 1. The molecule has 3 aromatic rings. The van der Waals surface area contributed by atoms with Gasteiger partial charge in [-0.15, -0.1) is 0 Å². The first-order chi connectivity index (χ1) is 14.4. The Hall–Kier alpha value is -3.40. The molecule has 0 radical (unpaired) electrons. The maximum Gasteiger partial charge on any atom is 0.338 e. The van der Waals surface area contributed by atoms with Crippen LogP contribution >= 0.6 is 11.8 Å². The van der Waals surface area contributed by atoms with Gasteiger partial charge in [0.25, 0.3) is 5.56 Å². The fraction of sp³-hybridized carbons (Fsp3) is 0.250. The molecule has 0 bridgehead atoms. The standard InChI is InChI=1S/C20H19N3O6S/c1-11-9-14(19(26)28-3)15-16(21-11)22-20(23-17(15)24)30-8-7-29-13-6-4-5-12(10-13)18(25)27-2/h4-6,9-10H,7-8H2,1-3H3,(H,21,22,23,24). The molecule has 0 aliphatic heterocycles.